The molecule has 0 aliphatic heterocycles. The van der Waals surface area contributed by atoms with Crippen LogP contribution in [0.25, 0.3) is 0 Å². The Labute approximate surface area is 234 Å². The van der Waals surface area contributed by atoms with Crippen LogP contribution < -0.4 is 20.1 Å². The molecule has 0 spiro atoms. The van der Waals surface area contributed by atoms with E-state index in [1.54, 1.807) is 14.0 Å². The molecule has 0 fully saturated rings. The molecule has 0 radical (unpaired) electrons. The molecule has 0 atom stereocenters. The highest BCUT2D eigenvalue weighted by atomic mass is 32.2. The molecule has 0 amide bonds. The maximum atomic E-state index is 12.4. The molecule has 0 aliphatic carbocycles. The van der Waals surface area contributed by atoms with Gasteiger partial charge in [-0.3, -0.25) is 0 Å². The van der Waals surface area contributed by atoms with Crippen LogP contribution in [-0.2, 0) is 24.4 Å². The van der Waals surface area contributed by atoms with Crippen LogP contribution in [0.1, 0.15) is 17.5 Å². The summed E-state index contributed by atoms with van der Waals surface area (Å²) in [6, 6.07) is 4.68. The van der Waals surface area contributed by atoms with Crippen LogP contribution in [-0.4, -0.2) is 68.6 Å². The lowest BCUT2D eigenvalue weighted by Crippen LogP contribution is -2.16. The Balaban J connectivity index is 2.62. The van der Waals surface area contributed by atoms with E-state index in [4.69, 9.17) is 14.2 Å². The summed E-state index contributed by atoms with van der Waals surface area (Å²) in [7, 11) is -3.07. The minimum Gasteiger partial charge on any atom is -0.495 e. The quantitative estimate of drug-likeness (QED) is 0.212. The molecule has 0 bridgehead atoms. The number of nitrogens with zero attached hydrogens (tertiary/aromatic N) is 4. The first kappa shape index (κ1) is 32.2. The molecule has 216 valence electrons. The standard InChI is InChI=1S/C25H32N6O7S2/c1-7-39(32,33)13-11-28-24-18(16-26)17(3)23(25(29-24)27-10-9-12-36-4)31-30-19-14-21(38-6)22(15-20(19)37-5)40(34,35)8-2/h7-8,14-15H,1-2,9-13H2,3-6H3,(H2,27,28,29). The van der Waals surface area contributed by atoms with Crippen LogP contribution in [0.2, 0.25) is 0 Å². The molecule has 2 rings (SSSR count). The van der Waals surface area contributed by atoms with Crippen molar-refractivity contribution in [1.29, 1.82) is 5.26 Å². The molecule has 0 saturated heterocycles. The predicted octanol–water partition coefficient (Wildman–Crippen LogP) is 4.03. The van der Waals surface area contributed by atoms with Crippen molar-refractivity contribution >= 4 is 42.7 Å². The molecule has 0 aliphatic rings. The molecular formula is C25H32N6O7S2. The van der Waals surface area contributed by atoms with Crippen molar-refractivity contribution in [2.45, 2.75) is 18.2 Å². The first-order valence-electron chi connectivity index (χ1n) is 11.8. The maximum Gasteiger partial charge on any atom is 0.203 e. The molecule has 1 aromatic carbocycles. The molecule has 40 heavy (non-hydrogen) atoms. The van der Waals surface area contributed by atoms with E-state index >= 15 is 0 Å². The van der Waals surface area contributed by atoms with Crippen LogP contribution >= 0.6 is 0 Å². The largest absolute Gasteiger partial charge is 0.495 e. The van der Waals surface area contributed by atoms with Crippen molar-refractivity contribution in [3.05, 3.63) is 47.2 Å². The average molecular weight is 593 g/mol. The minimum atomic E-state index is -3.85. The Morgan fingerprint density at radius 2 is 1.68 bits per heavy atom. The fourth-order valence-electron chi connectivity index (χ4n) is 3.37. The molecular weight excluding hydrogens is 560 g/mol. The highest BCUT2D eigenvalue weighted by Crippen LogP contribution is 2.40. The van der Waals surface area contributed by atoms with E-state index < -0.39 is 19.7 Å². The van der Waals surface area contributed by atoms with Gasteiger partial charge >= 0.3 is 0 Å². The van der Waals surface area contributed by atoms with E-state index in [2.05, 4.69) is 45.1 Å². The lowest BCUT2D eigenvalue weighted by atomic mass is 10.1. The van der Waals surface area contributed by atoms with Crippen LogP contribution in [0, 0.1) is 18.3 Å². The number of azo groups is 1. The number of sulfone groups is 2. The molecule has 15 heteroatoms. The summed E-state index contributed by atoms with van der Waals surface area (Å²) < 4.78 is 64.1. The Hall–Kier alpha value is -4.00. The predicted molar refractivity (Wildman–Crippen MR) is 152 cm³/mol. The first-order valence-corrected chi connectivity index (χ1v) is 15.1. The summed E-state index contributed by atoms with van der Waals surface area (Å²) in [5.41, 5.74) is 0.954. The molecule has 2 aromatic rings. The summed E-state index contributed by atoms with van der Waals surface area (Å²) in [4.78, 5) is 4.33. The summed E-state index contributed by atoms with van der Waals surface area (Å²) in [6.45, 7) is 9.21. The fraction of sp³-hybridized carbons (Fsp3) is 0.360. The lowest BCUT2D eigenvalue weighted by molar-refractivity contribution is 0.198. The van der Waals surface area contributed by atoms with Gasteiger partial charge < -0.3 is 24.8 Å². The van der Waals surface area contributed by atoms with Crippen molar-refractivity contribution in [2.24, 2.45) is 10.2 Å². The number of anilines is 2. The van der Waals surface area contributed by atoms with Gasteiger partial charge in [-0.15, -0.1) is 10.2 Å². The van der Waals surface area contributed by atoms with Crippen LogP contribution in [0.5, 0.6) is 11.5 Å². The number of aromatic nitrogens is 1. The number of nitriles is 1. The zero-order valence-electron chi connectivity index (χ0n) is 22.7. The Morgan fingerprint density at radius 3 is 2.25 bits per heavy atom. The van der Waals surface area contributed by atoms with Gasteiger partial charge in [0.2, 0.25) is 9.84 Å². The zero-order chi connectivity index (χ0) is 29.9. The van der Waals surface area contributed by atoms with E-state index in [-0.39, 0.29) is 57.3 Å². The van der Waals surface area contributed by atoms with Gasteiger partial charge in [-0.1, -0.05) is 13.2 Å². The van der Waals surface area contributed by atoms with Gasteiger partial charge in [0, 0.05) is 55.3 Å². The highest BCUT2D eigenvalue weighted by molar-refractivity contribution is 7.94. The number of pyridine rings is 1. The van der Waals surface area contributed by atoms with E-state index in [9.17, 15) is 22.1 Å². The van der Waals surface area contributed by atoms with Crippen LogP contribution in [0.4, 0.5) is 23.0 Å². The van der Waals surface area contributed by atoms with Gasteiger partial charge in [-0.2, -0.15) is 5.26 Å². The topological polar surface area (TPSA) is 181 Å². The Morgan fingerprint density at radius 1 is 1.00 bits per heavy atom. The number of nitrogens with one attached hydrogen (secondary N) is 2. The maximum absolute atomic E-state index is 12.4. The van der Waals surface area contributed by atoms with Gasteiger partial charge in [0.25, 0.3) is 0 Å². The van der Waals surface area contributed by atoms with Crippen LogP contribution in [0.3, 0.4) is 0 Å². The van der Waals surface area contributed by atoms with Gasteiger partial charge in [0.1, 0.15) is 39.7 Å². The molecule has 0 unspecified atom stereocenters. The van der Waals surface area contributed by atoms with Crippen molar-refractivity contribution in [1.82, 2.24) is 4.98 Å². The molecule has 1 heterocycles. The first-order chi connectivity index (χ1) is 19.0. The van der Waals surface area contributed by atoms with E-state index in [1.165, 1.54) is 26.4 Å². The van der Waals surface area contributed by atoms with Gasteiger partial charge in [0.15, 0.2) is 15.7 Å². The number of benzene rings is 1. The summed E-state index contributed by atoms with van der Waals surface area (Å²) in [5.74, 6) is 0.328. The van der Waals surface area contributed by atoms with Gasteiger partial charge in [0.05, 0.1) is 25.5 Å². The monoisotopic (exact) mass is 592 g/mol. The molecule has 0 saturated carbocycles. The Bertz CT molecular complexity index is 1530. The number of rotatable bonds is 16. The third-order valence-corrected chi connectivity index (χ3v) is 8.18. The second-order valence-electron chi connectivity index (χ2n) is 8.09. The number of hydrogen-bond acceptors (Lipinski definition) is 13. The van der Waals surface area contributed by atoms with Gasteiger partial charge in [-0.25, -0.2) is 21.8 Å². The summed E-state index contributed by atoms with van der Waals surface area (Å²) in [6.07, 6.45) is 0.637. The van der Waals surface area contributed by atoms with E-state index in [0.717, 1.165) is 10.8 Å². The molecule has 1 aromatic heterocycles. The molecule has 13 nitrogen and oxygen atoms in total. The lowest BCUT2D eigenvalue weighted by Gasteiger charge is -2.16. The summed E-state index contributed by atoms with van der Waals surface area (Å²) >= 11 is 0. The normalized spacial score (nSPS) is 11.6. The van der Waals surface area contributed by atoms with E-state index in [1.807, 2.05) is 0 Å². The van der Waals surface area contributed by atoms with Crippen molar-refractivity contribution in [3.63, 3.8) is 0 Å². The van der Waals surface area contributed by atoms with Gasteiger partial charge in [-0.05, 0) is 13.3 Å². The molecule has 2 N–H and O–H groups in total. The SMILES string of the molecule is C=CS(=O)(=O)CCNc1nc(NCCCOC)c(N=Nc2cc(OC)c(S(=O)(=O)C=C)cc2OC)c(C)c1C#N. The number of ether oxygens (including phenoxy) is 3. The highest BCUT2D eigenvalue weighted by Gasteiger charge is 2.22. The summed E-state index contributed by atoms with van der Waals surface area (Å²) in [5, 5.41) is 26.2. The fourth-order valence-corrected chi connectivity index (χ4v) is 4.80. The smallest absolute Gasteiger partial charge is 0.203 e. The Kier molecular flexibility index (Phi) is 11.6. The third kappa shape index (κ3) is 8.01. The van der Waals surface area contributed by atoms with Crippen molar-refractivity contribution in [3.8, 4) is 17.6 Å². The number of hydrogen-bond donors (Lipinski definition) is 2. The third-order valence-electron chi connectivity index (χ3n) is 5.53. The second kappa shape index (κ2) is 14.4. The van der Waals surface area contributed by atoms with Crippen molar-refractivity contribution < 1.29 is 31.0 Å². The number of methoxy groups -OCH3 is 3. The zero-order valence-corrected chi connectivity index (χ0v) is 24.4. The van der Waals surface area contributed by atoms with E-state index in [0.29, 0.717) is 25.1 Å². The second-order valence-corrected chi connectivity index (χ2v) is 12.0. The van der Waals surface area contributed by atoms with Crippen molar-refractivity contribution in [2.75, 3.05) is 57.4 Å². The minimum absolute atomic E-state index is 0.00356. The average Bonchev–Trinajstić information content (AvgIpc) is 2.94. The van der Waals surface area contributed by atoms with Crippen LogP contribution in [0.15, 0.2) is 51.2 Å².